The summed E-state index contributed by atoms with van der Waals surface area (Å²) in [5.41, 5.74) is 1.29. The molecule has 3 aromatic heterocycles. The van der Waals surface area contributed by atoms with E-state index >= 15 is 0 Å². The summed E-state index contributed by atoms with van der Waals surface area (Å²) in [7, 11) is 2.08. The van der Waals surface area contributed by atoms with Gasteiger partial charge in [-0.25, -0.2) is 0 Å². The van der Waals surface area contributed by atoms with Crippen molar-refractivity contribution in [2.24, 2.45) is 7.05 Å². The van der Waals surface area contributed by atoms with Gasteiger partial charge in [0.25, 0.3) is 0 Å². The van der Waals surface area contributed by atoms with Gasteiger partial charge in [-0.1, -0.05) is 0 Å². The minimum Gasteiger partial charge on any atom is -0.350 e. The molecule has 0 saturated heterocycles. The minimum atomic E-state index is 1.21. The summed E-state index contributed by atoms with van der Waals surface area (Å²) in [6.07, 6.45) is 2.08. The Hall–Kier alpha value is -0.580. The van der Waals surface area contributed by atoms with Crippen LogP contribution >= 0.6 is 38.6 Å². The highest BCUT2D eigenvalue weighted by molar-refractivity contribution is 9.11. The minimum absolute atomic E-state index is 1.21. The molecule has 1 nitrogen and oxygen atoms in total. The smallest absolute Gasteiger partial charge is 0.0719 e. The van der Waals surface area contributed by atoms with E-state index < -0.39 is 0 Å². The molecule has 15 heavy (non-hydrogen) atoms. The molecule has 0 amide bonds. The van der Waals surface area contributed by atoms with Crippen molar-refractivity contribution in [3.05, 3.63) is 34.2 Å². The highest BCUT2D eigenvalue weighted by atomic mass is 79.9. The van der Waals surface area contributed by atoms with Crippen LogP contribution in [0.5, 0.6) is 0 Å². The highest BCUT2D eigenvalue weighted by Gasteiger charge is 2.08. The largest absolute Gasteiger partial charge is 0.350 e. The van der Waals surface area contributed by atoms with Gasteiger partial charge in [-0.05, 0) is 40.2 Å². The van der Waals surface area contributed by atoms with Gasteiger partial charge >= 0.3 is 0 Å². The molecule has 0 aliphatic carbocycles. The third-order valence-corrected chi connectivity index (χ3v) is 5.19. The van der Waals surface area contributed by atoms with Crippen LogP contribution in [0.2, 0.25) is 0 Å². The van der Waals surface area contributed by atoms with Gasteiger partial charge in [0, 0.05) is 22.6 Å². The van der Waals surface area contributed by atoms with Gasteiger partial charge < -0.3 is 4.57 Å². The van der Waals surface area contributed by atoms with Crippen molar-refractivity contribution >= 4 is 48.0 Å². The molecule has 3 aromatic rings. The molecule has 0 aromatic carbocycles. The van der Waals surface area contributed by atoms with Crippen molar-refractivity contribution in [3.8, 4) is 10.6 Å². The molecule has 3 rings (SSSR count). The van der Waals surface area contributed by atoms with Crippen molar-refractivity contribution in [1.29, 1.82) is 0 Å². The van der Waals surface area contributed by atoms with E-state index in [0.717, 1.165) is 0 Å². The van der Waals surface area contributed by atoms with E-state index in [1.165, 1.54) is 23.8 Å². The maximum Gasteiger partial charge on any atom is 0.0719 e. The number of nitrogens with zero attached hydrogens (tertiary/aromatic N) is 1. The standard InChI is InChI=1S/C11H8BrNS2/c1-13-4-2-3-7(13)8-5-9-10(14-8)6-11(12)15-9/h2-6H,1H3. The topological polar surface area (TPSA) is 4.93 Å². The summed E-state index contributed by atoms with van der Waals surface area (Å²) in [4.78, 5) is 1.34. The lowest BCUT2D eigenvalue weighted by atomic mass is 10.3. The van der Waals surface area contributed by atoms with Gasteiger partial charge in [-0.15, -0.1) is 22.7 Å². The van der Waals surface area contributed by atoms with E-state index in [1.54, 1.807) is 11.3 Å². The summed E-state index contributed by atoms with van der Waals surface area (Å²) in [5, 5.41) is 0. The Bertz CT molecular complexity index is 586. The zero-order chi connectivity index (χ0) is 10.4. The van der Waals surface area contributed by atoms with Crippen molar-refractivity contribution in [2.75, 3.05) is 0 Å². The second kappa shape index (κ2) is 3.47. The summed E-state index contributed by atoms with van der Waals surface area (Å²) in [6, 6.07) is 8.70. The molecule has 0 bridgehead atoms. The lowest BCUT2D eigenvalue weighted by Crippen LogP contribution is -1.85. The van der Waals surface area contributed by atoms with Gasteiger partial charge in [0.2, 0.25) is 0 Å². The number of aromatic nitrogens is 1. The molecule has 0 aliphatic rings. The van der Waals surface area contributed by atoms with Crippen LogP contribution in [0, 0.1) is 0 Å². The fourth-order valence-electron chi connectivity index (χ4n) is 1.65. The Morgan fingerprint density at radius 1 is 1.20 bits per heavy atom. The fraction of sp³-hybridized carbons (Fsp3) is 0.0909. The Labute approximate surface area is 104 Å². The first-order valence-electron chi connectivity index (χ1n) is 4.54. The molecular formula is C11H8BrNS2. The second-order valence-corrected chi connectivity index (χ2v) is 6.94. The molecular weight excluding hydrogens is 290 g/mol. The Balaban J connectivity index is 2.20. The van der Waals surface area contributed by atoms with Gasteiger partial charge in [-0.2, -0.15) is 0 Å². The molecule has 0 spiro atoms. The van der Waals surface area contributed by atoms with Crippen LogP contribution in [-0.2, 0) is 7.05 Å². The third-order valence-electron chi connectivity index (χ3n) is 2.37. The van der Waals surface area contributed by atoms with Crippen molar-refractivity contribution < 1.29 is 0 Å². The monoisotopic (exact) mass is 297 g/mol. The van der Waals surface area contributed by atoms with Gasteiger partial charge in [0.1, 0.15) is 0 Å². The summed E-state index contributed by atoms with van der Waals surface area (Å²) >= 11 is 7.16. The molecule has 0 N–H and O–H groups in total. The maximum absolute atomic E-state index is 3.51. The predicted octanol–water partition coefficient (Wildman–Crippen LogP) is 4.73. The van der Waals surface area contributed by atoms with E-state index in [4.69, 9.17) is 0 Å². The number of fused-ring (bicyclic) bond motifs is 1. The third kappa shape index (κ3) is 1.57. The number of aryl methyl sites for hydroxylation is 1. The van der Waals surface area contributed by atoms with E-state index in [9.17, 15) is 0 Å². The molecule has 0 radical (unpaired) electrons. The lowest BCUT2D eigenvalue weighted by Gasteiger charge is -1.97. The number of hydrogen-bond acceptors (Lipinski definition) is 2. The molecule has 0 atom stereocenters. The van der Waals surface area contributed by atoms with Gasteiger partial charge in [0.15, 0.2) is 0 Å². The van der Waals surface area contributed by atoms with Gasteiger partial charge in [-0.3, -0.25) is 0 Å². The van der Waals surface area contributed by atoms with E-state index in [0.29, 0.717) is 0 Å². The average molecular weight is 298 g/mol. The molecule has 76 valence electrons. The first kappa shape index (κ1) is 9.63. The molecule has 4 heteroatoms. The van der Waals surface area contributed by atoms with Crippen LogP contribution in [0.3, 0.4) is 0 Å². The van der Waals surface area contributed by atoms with E-state index in [1.807, 2.05) is 11.3 Å². The Kier molecular flexibility index (Phi) is 2.23. The Morgan fingerprint density at radius 3 is 2.67 bits per heavy atom. The molecule has 3 heterocycles. The SMILES string of the molecule is Cn1cccc1-c1cc2sc(Br)cc2s1. The first-order valence-corrected chi connectivity index (χ1v) is 6.97. The number of rotatable bonds is 1. The zero-order valence-electron chi connectivity index (χ0n) is 8.03. The van der Waals surface area contributed by atoms with Gasteiger partial charge in [0.05, 0.1) is 14.4 Å². The number of halogens is 1. The average Bonchev–Trinajstić information content (AvgIpc) is 2.78. The van der Waals surface area contributed by atoms with Crippen molar-refractivity contribution in [3.63, 3.8) is 0 Å². The van der Waals surface area contributed by atoms with E-state index in [2.05, 4.69) is 58.0 Å². The lowest BCUT2D eigenvalue weighted by molar-refractivity contribution is 0.940. The molecule has 0 saturated carbocycles. The summed E-state index contributed by atoms with van der Waals surface area (Å²) in [6.45, 7) is 0. The zero-order valence-corrected chi connectivity index (χ0v) is 11.2. The maximum atomic E-state index is 3.51. The summed E-state index contributed by atoms with van der Waals surface area (Å²) < 4.78 is 6.10. The predicted molar refractivity (Wildman–Crippen MR) is 71.8 cm³/mol. The summed E-state index contributed by atoms with van der Waals surface area (Å²) in [5.74, 6) is 0. The number of thiophene rings is 2. The molecule has 0 unspecified atom stereocenters. The van der Waals surface area contributed by atoms with Crippen LogP contribution < -0.4 is 0 Å². The first-order chi connectivity index (χ1) is 7.24. The molecule has 0 aliphatic heterocycles. The normalized spacial score (nSPS) is 11.3. The quantitative estimate of drug-likeness (QED) is 0.612. The van der Waals surface area contributed by atoms with Crippen LogP contribution in [-0.4, -0.2) is 4.57 Å². The molecule has 0 fully saturated rings. The fourth-order valence-corrected chi connectivity index (χ4v) is 4.74. The van der Waals surface area contributed by atoms with Crippen molar-refractivity contribution in [1.82, 2.24) is 4.57 Å². The van der Waals surface area contributed by atoms with Crippen LogP contribution in [0.1, 0.15) is 0 Å². The van der Waals surface area contributed by atoms with Crippen molar-refractivity contribution in [2.45, 2.75) is 0 Å². The highest BCUT2D eigenvalue weighted by Crippen LogP contribution is 2.39. The van der Waals surface area contributed by atoms with Crippen LogP contribution in [0.25, 0.3) is 20.0 Å². The van der Waals surface area contributed by atoms with Crippen LogP contribution in [0.15, 0.2) is 34.2 Å². The van der Waals surface area contributed by atoms with E-state index in [-0.39, 0.29) is 0 Å². The second-order valence-electron chi connectivity index (χ2n) is 3.39. The Morgan fingerprint density at radius 2 is 2.00 bits per heavy atom. The van der Waals surface area contributed by atoms with Crippen LogP contribution in [0.4, 0.5) is 0 Å². The number of hydrogen-bond donors (Lipinski definition) is 0.